The zero-order valence-electron chi connectivity index (χ0n) is 7.63. The number of benzene rings is 1. The van der Waals surface area contributed by atoms with Gasteiger partial charge in [0.15, 0.2) is 0 Å². The van der Waals surface area contributed by atoms with E-state index in [1.54, 1.807) is 0 Å². The molecule has 0 spiro atoms. The minimum Gasteiger partial charge on any atom is -0.507 e. The van der Waals surface area contributed by atoms with Crippen molar-refractivity contribution in [2.45, 2.75) is 18.3 Å². The van der Waals surface area contributed by atoms with E-state index in [1.165, 1.54) is 6.07 Å². The zero-order chi connectivity index (χ0) is 11.2. The topological polar surface area (TPSA) is 57.5 Å². The van der Waals surface area contributed by atoms with Crippen molar-refractivity contribution in [3.8, 4) is 5.75 Å². The van der Waals surface area contributed by atoms with Gasteiger partial charge in [-0.3, -0.25) is 4.79 Å². The molecule has 0 aliphatic heterocycles. The van der Waals surface area contributed by atoms with Gasteiger partial charge < -0.3 is 10.2 Å². The van der Waals surface area contributed by atoms with Gasteiger partial charge >= 0.3 is 5.97 Å². The molecule has 15 heavy (non-hydrogen) atoms. The fourth-order valence-corrected chi connectivity index (χ4v) is 1.83. The lowest BCUT2D eigenvalue weighted by molar-refractivity contribution is -0.140. The van der Waals surface area contributed by atoms with Crippen LogP contribution in [0.1, 0.15) is 18.4 Å². The minimum atomic E-state index is -0.987. The molecule has 0 aromatic heterocycles. The lowest BCUT2D eigenvalue weighted by Crippen LogP contribution is -2.19. The van der Waals surface area contributed by atoms with Crippen LogP contribution >= 0.6 is 15.9 Å². The third kappa shape index (κ3) is 1.51. The number of carboxylic acids is 1. The maximum Gasteiger partial charge on any atom is 0.314 e. The molecule has 0 radical (unpaired) electrons. The molecule has 1 saturated carbocycles. The summed E-state index contributed by atoms with van der Waals surface area (Å²) in [5.74, 6) is -1.88. The van der Waals surface area contributed by atoms with E-state index >= 15 is 0 Å². The predicted molar refractivity (Wildman–Crippen MR) is 54.3 cm³/mol. The van der Waals surface area contributed by atoms with Crippen molar-refractivity contribution in [2.75, 3.05) is 0 Å². The number of aromatic hydroxyl groups is 1. The molecule has 1 aromatic rings. The molecule has 3 nitrogen and oxygen atoms in total. The Kier molecular flexibility index (Phi) is 2.22. The molecule has 0 heterocycles. The van der Waals surface area contributed by atoms with Crippen LogP contribution in [0.5, 0.6) is 5.75 Å². The summed E-state index contributed by atoms with van der Waals surface area (Å²) in [6, 6.07) is 2.46. The second kappa shape index (κ2) is 3.20. The van der Waals surface area contributed by atoms with Gasteiger partial charge in [-0.2, -0.15) is 0 Å². The Hall–Kier alpha value is -1.10. The number of phenolic OH excluding ortho intramolecular Hbond substituents is 1. The Morgan fingerprint density at radius 2 is 2.07 bits per heavy atom. The maximum atomic E-state index is 13.3. The molecule has 2 N–H and O–H groups in total. The van der Waals surface area contributed by atoms with Gasteiger partial charge in [-0.25, -0.2) is 4.39 Å². The van der Waals surface area contributed by atoms with Crippen molar-refractivity contribution >= 4 is 21.9 Å². The van der Waals surface area contributed by atoms with E-state index < -0.39 is 17.2 Å². The largest absolute Gasteiger partial charge is 0.507 e. The standard InChI is InChI=1S/C10H8BrFO3/c11-8-6(12)3-5(4-7(8)13)10(1-2-10)9(14)15/h3-4,13H,1-2H2,(H,14,15). The molecule has 0 atom stereocenters. The second-order valence-electron chi connectivity index (χ2n) is 3.68. The van der Waals surface area contributed by atoms with Gasteiger partial charge in [-0.05, 0) is 46.5 Å². The highest BCUT2D eigenvalue weighted by atomic mass is 79.9. The summed E-state index contributed by atoms with van der Waals surface area (Å²) < 4.78 is 13.2. The smallest absolute Gasteiger partial charge is 0.314 e. The lowest BCUT2D eigenvalue weighted by Gasteiger charge is -2.11. The molecule has 1 aromatic carbocycles. The fourth-order valence-electron chi connectivity index (χ4n) is 1.60. The summed E-state index contributed by atoms with van der Waals surface area (Å²) in [5.41, 5.74) is -0.660. The van der Waals surface area contributed by atoms with Crippen molar-refractivity contribution in [3.63, 3.8) is 0 Å². The molecule has 5 heteroatoms. The van der Waals surface area contributed by atoms with Crippen molar-refractivity contribution in [1.29, 1.82) is 0 Å². The number of halogens is 2. The number of phenols is 1. The van der Waals surface area contributed by atoms with Crippen molar-refractivity contribution in [1.82, 2.24) is 0 Å². The van der Waals surface area contributed by atoms with Gasteiger partial charge in [-0.15, -0.1) is 0 Å². The van der Waals surface area contributed by atoms with E-state index in [4.69, 9.17) is 5.11 Å². The van der Waals surface area contributed by atoms with E-state index in [2.05, 4.69) is 15.9 Å². The average molecular weight is 275 g/mol. The van der Waals surface area contributed by atoms with E-state index in [9.17, 15) is 14.3 Å². The van der Waals surface area contributed by atoms with E-state index in [1.807, 2.05) is 0 Å². The van der Waals surface area contributed by atoms with Gasteiger partial charge in [0.05, 0.1) is 9.89 Å². The van der Waals surface area contributed by atoms with Crippen LogP contribution in [0.4, 0.5) is 4.39 Å². The SMILES string of the molecule is O=C(O)C1(c2cc(O)c(Br)c(F)c2)CC1. The summed E-state index contributed by atoms with van der Waals surface area (Å²) in [4.78, 5) is 11.0. The summed E-state index contributed by atoms with van der Waals surface area (Å²) in [5, 5.41) is 18.4. The molecule has 2 rings (SSSR count). The van der Waals surface area contributed by atoms with Crippen LogP contribution in [-0.2, 0) is 10.2 Å². The predicted octanol–water partition coefficient (Wildman–Crippen LogP) is 2.41. The maximum absolute atomic E-state index is 13.3. The van der Waals surface area contributed by atoms with Gasteiger partial charge in [0.25, 0.3) is 0 Å². The highest BCUT2D eigenvalue weighted by Crippen LogP contribution is 2.50. The minimum absolute atomic E-state index is 0.0348. The van der Waals surface area contributed by atoms with Crippen molar-refractivity contribution in [2.24, 2.45) is 0 Å². The van der Waals surface area contributed by atoms with E-state index in [0.717, 1.165) is 6.07 Å². The van der Waals surface area contributed by atoms with Crippen LogP contribution in [0.15, 0.2) is 16.6 Å². The molecule has 0 saturated heterocycles. The fraction of sp³-hybridized carbons (Fsp3) is 0.300. The normalized spacial score (nSPS) is 17.5. The van der Waals surface area contributed by atoms with Gasteiger partial charge in [0.1, 0.15) is 11.6 Å². The first-order chi connectivity index (χ1) is 6.97. The number of carbonyl (C=O) groups is 1. The van der Waals surface area contributed by atoms with Crippen LogP contribution in [0, 0.1) is 5.82 Å². The quantitative estimate of drug-likeness (QED) is 0.871. The summed E-state index contributed by atoms with van der Waals surface area (Å²) in [6.07, 6.45) is 0.978. The first kappa shape index (κ1) is 10.4. The highest BCUT2D eigenvalue weighted by Gasteiger charge is 2.52. The van der Waals surface area contributed by atoms with Gasteiger partial charge in [0, 0.05) is 0 Å². The van der Waals surface area contributed by atoms with E-state index in [-0.39, 0.29) is 10.2 Å². The molecule has 1 aliphatic carbocycles. The zero-order valence-corrected chi connectivity index (χ0v) is 9.21. The molecule has 80 valence electrons. The number of aliphatic carboxylic acids is 1. The monoisotopic (exact) mass is 274 g/mol. The average Bonchev–Trinajstić information content (AvgIpc) is 2.93. The summed E-state index contributed by atoms with van der Waals surface area (Å²) in [7, 11) is 0. The van der Waals surface area contributed by atoms with Crippen molar-refractivity contribution in [3.05, 3.63) is 28.0 Å². The van der Waals surface area contributed by atoms with Crippen LogP contribution in [0.25, 0.3) is 0 Å². The van der Waals surface area contributed by atoms with Crippen LogP contribution < -0.4 is 0 Å². The number of rotatable bonds is 2. The molecular weight excluding hydrogens is 267 g/mol. The van der Waals surface area contributed by atoms with Gasteiger partial charge in [-0.1, -0.05) is 0 Å². The number of hydrogen-bond acceptors (Lipinski definition) is 2. The number of carboxylic acid groups (broad SMARTS) is 1. The second-order valence-corrected chi connectivity index (χ2v) is 4.47. The van der Waals surface area contributed by atoms with Crippen LogP contribution in [0.3, 0.4) is 0 Å². The first-order valence-corrected chi connectivity index (χ1v) is 5.18. The van der Waals surface area contributed by atoms with Crippen molar-refractivity contribution < 1.29 is 19.4 Å². The molecule has 1 fully saturated rings. The Morgan fingerprint density at radius 1 is 1.47 bits per heavy atom. The molecule has 0 amide bonds. The van der Waals surface area contributed by atoms with Crippen LogP contribution in [0.2, 0.25) is 0 Å². The Balaban J connectivity index is 2.51. The molecular formula is C10H8BrFO3. The highest BCUT2D eigenvalue weighted by molar-refractivity contribution is 9.10. The lowest BCUT2D eigenvalue weighted by atomic mass is 9.96. The number of hydrogen-bond donors (Lipinski definition) is 2. The van der Waals surface area contributed by atoms with Gasteiger partial charge in [0.2, 0.25) is 0 Å². The molecule has 0 bridgehead atoms. The molecule has 1 aliphatic rings. The Morgan fingerprint density at radius 3 is 2.47 bits per heavy atom. The summed E-state index contributed by atoms with van der Waals surface area (Å²) in [6.45, 7) is 0. The van der Waals surface area contributed by atoms with E-state index in [0.29, 0.717) is 18.4 Å². The summed E-state index contributed by atoms with van der Waals surface area (Å²) >= 11 is 2.87. The third-order valence-corrected chi connectivity index (χ3v) is 3.51. The third-order valence-electron chi connectivity index (χ3n) is 2.72. The van der Waals surface area contributed by atoms with Crippen LogP contribution in [-0.4, -0.2) is 16.2 Å². The molecule has 0 unspecified atom stereocenters. The first-order valence-electron chi connectivity index (χ1n) is 4.39. The Bertz CT molecular complexity index is 417. The Labute approximate surface area is 93.7 Å².